The van der Waals surface area contributed by atoms with Crippen molar-refractivity contribution in [3.8, 4) is 0 Å². The van der Waals surface area contributed by atoms with Gasteiger partial charge in [0.2, 0.25) is 0 Å². The van der Waals surface area contributed by atoms with Crippen molar-refractivity contribution in [1.29, 1.82) is 0 Å². The van der Waals surface area contributed by atoms with E-state index in [1.54, 1.807) is 6.07 Å². The van der Waals surface area contributed by atoms with Gasteiger partial charge in [0, 0.05) is 11.3 Å². The molecule has 1 aromatic heterocycles. The molecule has 0 radical (unpaired) electrons. The summed E-state index contributed by atoms with van der Waals surface area (Å²) >= 11 is 1.47. The summed E-state index contributed by atoms with van der Waals surface area (Å²) in [6, 6.07) is 13.9. The van der Waals surface area contributed by atoms with E-state index in [2.05, 4.69) is 17.6 Å². The molecule has 2 rings (SSSR count). The van der Waals surface area contributed by atoms with Gasteiger partial charge in [-0.3, -0.25) is 10.2 Å². The molecule has 0 fully saturated rings. The summed E-state index contributed by atoms with van der Waals surface area (Å²) in [6.07, 6.45) is 0.851. The molecule has 0 bridgehead atoms. The van der Waals surface area contributed by atoms with Crippen LogP contribution in [0.1, 0.15) is 20.1 Å². The number of benzene rings is 1. The van der Waals surface area contributed by atoms with E-state index in [0.717, 1.165) is 11.3 Å². The highest BCUT2D eigenvalue weighted by molar-refractivity contribution is 7.14. The lowest BCUT2D eigenvalue weighted by Crippen LogP contribution is -2.29. The summed E-state index contributed by atoms with van der Waals surface area (Å²) in [6.45, 7) is 0. The predicted octanol–water partition coefficient (Wildman–Crippen LogP) is 1.94. The topological polar surface area (TPSA) is 55.1 Å². The molecule has 3 N–H and O–H groups in total. The molecule has 82 valence electrons. The first-order valence-corrected chi connectivity index (χ1v) is 5.75. The molecule has 1 heterocycles. The van der Waals surface area contributed by atoms with Crippen molar-refractivity contribution in [3.05, 3.63) is 57.8 Å². The van der Waals surface area contributed by atoms with E-state index in [1.807, 2.05) is 24.3 Å². The zero-order valence-electron chi connectivity index (χ0n) is 8.64. The van der Waals surface area contributed by atoms with E-state index < -0.39 is 0 Å². The maximum atomic E-state index is 11.3. The first-order chi connectivity index (χ1) is 7.79. The van der Waals surface area contributed by atoms with Crippen molar-refractivity contribution < 1.29 is 4.79 Å². The number of nitrogens with two attached hydrogens (primary N) is 1. The van der Waals surface area contributed by atoms with Crippen LogP contribution in [0.3, 0.4) is 0 Å². The van der Waals surface area contributed by atoms with Crippen LogP contribution in [-0.4, -0.2) is 5.91 Å². The molecule has 0 spiro atoms. The minimum Gasteiger partial charge on any atom is -0.289 e. The quantitative estimate of drug-likeness (QED) is 0.483. The second kappa shape index (κ2) is 4.92. The Hall–Kier alpha value is -1.65. The van der Waals surface area contributed by atoms with E-state index in [1.165, 1.54) is 16.9 Å². The average Bonchev–Trinajstić information content (AvgIpc) is 2.78. The van der Waals surface area contributed by atoms with Crippen LogP contribution in [-0.2, 0) is 6.42 Å². The van der Waals surface area contributed by atoms with Crippen LogP contribution in [0.5, 0.6) is 0 Å². The van der Waals surface area contributed by atoms with Gasteiger partial charge >= 0.3 is 0 Å². The van der Waals surface area contributed by atoms with Crippen LogP contribution in [0.25, 0.3) is 0 Å². The second-order valence-electron chi connectivity index (χ2n) is 3.40. The third-order valence-corrected chi connectivity index (χ3v) is 3.32. The summed E-state index contributed by atoms with van der Waals surface area (Å²) < 4.78 is 0. The zero-order chi connectivity index (χ0) is 11.4. The third-order valence-electron chi connectivity index (χ3n) is 2.24. The molecule has 3 nitrogen and oxygen atoms in total. The van der Waals surface area contributed by atoms with Crippen molar-refractivity contribution in [2.75, 3.05) is 0 Å². The summed E-state index contributed by atoms with van der Waals surface area (Å²) in [7, 11) is 0. The van der Waals surface area contributed by atoms with Crippen molar-refractivity contribution in [2.24, 2.45) is 5.84 Å². The molecule has 0 saturated carbocycles. The lowest BCUT2D eigenvalue weighted by molar-refractivity contribution is 0.0957. The number of hydrogen-bond donors (Lipinski definition) is 2. The number of hydrazine groups is 1. The lowest BCUT2D eigenvalue weighted by Gasteiger charge is -1.97. The molecule has 0 aliphatic rings. The molecule has 16 heavy (non-hydrogen) atoms. The standard InChI is InChI=1S/C12H12N2OS/c13-14-12(15)11-7-6-10(16-11)8-9-4-2-1-3-5-9/h1-7H,8,13H2,(H,14,15). The molecule has 0 saturated heterocycles. The van der Waals surface area contributed by atoms with Crippen LogP contribution in [0.4, 0.5) is 0 Å². The highest BCUT2D eigenvalue weighted by atomic mass is 32.1. The summed E-state index contributed by atoms with van der Waals surface area (Å²) in [5, 5.41) is 0. The maximum absolute atomic E-state index is 11.3. The molecule has 2 aromatic rings. The molecular formula is C12H12N2OS. The number of carbonyl (C=O) groups excluding carboxylic acids is 1. The Morgan fingerprint density at radius 2 is 1.94 bits per heavy atom. The minimum absolute atomic E-state index is 0.232. The van der Waals surface area contributed by atoms with Gasteiger partial charge in [-0.2, -0.15) is 0 Å². The summed E-state index contributed by atoms with van der Waals surface area (Å²) in [5.41, 5.74) is 3.37. The van der Waals surface area contributed by atoms with E-state index in [-0.39, 0.29) is 5.91 Å². The highest BCUT2D eigenvalue weighted by Gasteiger charge is 2.07. The van der Waals surface area contributed by atoms with Gasteiger partial charge in [-0.25, -0.2) is 5.84 Å². The minimum atomic E-state index is -0.232. The fraction of sp³-hybridized carbons (Fsp3) is 0.0833. The van der Waals surface area contributed by atoms with Crippen LogP contribution >= 0.6 is 11.3 Å². The number of rotatable bonds is 3. The number of nitrogen functional groups attached to an aromatic ring is 1. The van der Waals surface area contributed by atoms with Crippen molar-refractivity contribution >= 4 is 17.2 Å². The predicted molar refractivity (Wildman–Crippen MR) is 65.2 cm³/mol. The van der Waals surface area contributed by atoms with E-state index in [0.29, 0.717) is 4.88 Å². The molecule has 0 aliphatic carbocycles. The Morgan fingerprint density at radius 1 is 1.19 bits per heavy atom. The number of hydrogen-bond acceptors (Lipinski definition) is 3. The first-order valence-electron chi connectivity index (χ1n) is 4.93. The number of amides is 1. The Balaban J connectivity index is 2.12. The van der Waals surface area contributed by atoms with Gasteiger partial charge in [0.25, 0.3) is 5.91 Å². The Labute approximate surface area is 97.9 Å². The van der Waals surface area contributed by atoms with Crippen molar-refractivity contribution in [1.82, 2.24) is 5.43 Å². The zero-order valence-corrected chi connectivity index (χ0v) is 9.46. The van der Waals surface area contributed by atoms with Gasteiger partial charge in [0.15, 0.2) is 0 Å². The van der Waals surface area contributed by atoms with Gasteiger partial charge in [-0.15, -0.1) is 11.3 Å². The Morgan fingerprint density at radius 3 is 2.62 bits per heavy atom. The fourth-order valence-electron chi connectivity index (χ4n) is 1.46. The number of nitrogens with one attached hydrogen (secondary N) is 1. The SMILES string of the molecule is NNC(=O)c1ccc(Cc2ccccc2)s1. The van der Waals surface area contributed by atoms with Crippen molar-refractivity contribution in [2.45, 2.75) is 6.42 Å². The number of thiophene rings is 1. The molecule has 0 unspecified atom stereocenters. The lowest BCUT2D eigenvalue weighted by atomic mass is 10.1. The first kappa shape index (κ1) is 10.9. The van der Waals surface area contributed by atoms with E-state index >= 15 is 0 Å². The molecule has 1 aromatic carbocycles. The average molecular weight is 232 g/mol. The fourth-order valence-corrected chi connectivity index (χ4v) is 2.41. The van der Waals surface area contributed by atoms with E-state index in [9.17, 15) is 4.79 Å². The summed E-state index contributed by atoms with van der Waals surface area (Å²) in [4.78, 5) is 13.1. The van der Waals surface area contributed by atoms with Crippen LogP contribution in [0, 0.1) is 0 Å². The molecule has 4 heteroatoms. The van der Waals surface area contributed by atoms with E-state index in [4.69, 9.17) is 5.84 Å². The number of carbonyl (C=O) groups is 1. The van der Waals surface area contributed by atoms with Gasteiger partial charge in [-0.1, -0.05) is 30.3 Å². The Kier molecular flexibility index (Phi) is 3.34. The van der Waals surface area contributed by atoms with Gasteiger partial charge < -0.3 is 0 Å². The molecule has 1 amide bonds. The summed E-state index contributed by atoms with van der Waals surface area (Å²) in [5.74, 6) is 4.84. The normalized spacial score (nSPS) is 10.1. The van der Waals surface area contributed by atoms with Crippen molar-refractivity contribution in [3.63, 3.8) is 0 Å². The largest absolute Gasteiger partial charge is 0.289 e. The molecule has 0 aliphatic heterocycles. The van der Waals surface area contributed by atoms with Gasteiger partial charge in [0.05, 0.1) is 4.88 Å². The molecular weight excluding hydrogens is 220 g/mol. The smallest absolute Gasteiger partial charge is 0.275 e. The van der Waals surface area contributed by atoms with Crippen LogP contribution in [0.15, 0.2) is 42.5 Å². The van der Waals surface area contributed by atoms with Crippen LogP contribution < -0.4 is 11.3 Å². The van der Waals surface area contributed by atoms with Crippen LogP contribution in [0.2, 0.25) is 0 Å². The molecule has 0 atom stereocenters. The Bertz CT molecular complexity index is 479. The second-order valence-corrected chi connectivity index (χ2v) is 4.57. The van der Waals surface area contributed by atoms with Gasteiger partial charge in [0.1, 0.15) is 0 Å². The highest BCUT2D eigenvalue weighted by Crippen LogP contribution is 2.19. The third kappa shape index (κ3) is 2.48. The van der Waals surface area contributed by atoms with Gasteiger partial charge in [-0.05, 0) is 17.7 Å². The monoisotopic (exact) mass is 232 g/mol. The maximum Gasteiger partial charge on any atom is 0.275 e.